The third kappa shape index (κ3) is 6.13. The summed E-state index contributed by atoms with van der Waals surface area (Å²) in [4.78, 5) is 11.9. The van der Waals surface area contributed by atoms with Gasteiger partial charge in [0.15, 0.2) is 11.5 Å². The second-order valence-corrected chi connectivity index (χ2v) is 8.88. The number of hydrogen-bond acceptors (Lipinski definition) is 5. The number of carbonyl (C=O) groups excluding carboxylic acids is 1. The van der Waals surface area contributed by atoms with Gasteiger partial charge in [0.05, 0.1) is 7.11 Å². The summed E-state index contributed by atoms with van der Waals surface area (Å²) in [6, 6.07) is 11.1. The van der Waals surface area contributed by atoms with Crippen LogP contribution >= 0.6 is 0 Å². The lowest BCUT2D eigenvalue weighted by molar-refractivity contribution is -0.117. The first kappa shape index (κ1) is 21.5. The molecule has 1 N–H and O–H groups in total. The van der Waals surface area contributed by atoms with Crippen molar-refractivity contribution in [1.82, 2.24) is 5.32 Å². The summed E-state index contributed by atoms with van der Waals surface area (Å²) in [5.41, 5.74) is 1.28. The summed E-state index contributed by atoms with van der Waals surface area (Å²) < 4.78 is 35.4. The molecule has 0 aliphatic carbocycles. The molecule has 0 spiro atoms. The minimum absolute atomic E-state index is 0.0583. The van der Waals surface area contributed by atoms with E-state index in [1.165, 1.54) is 31.4 Å². The van der Waals surface area contributed by atoms with E-state index in [1.807, 2.05) is 27.7 Å². The van der Waals surface area contributed by atoms with Crippen LogP contribution in [0.5, 0.6) is 11.5 Å². The van der Waals surface area contributed by atoms with Crippen LogP contribution in [0.15, 0.2) is 53.4 Å². The van der Waals surface area contributed by atoms with Crippen molar-refractivity contribution < 1.29 is 22.1 Å². The van der Waals surface area contributed by atoms with Crippen molar-refractivity contribution in [2.75, 3.05) is 7.11 Å². The van der Waals surface area contributed by atoms with Crippen LogP contribution in [0.25, 0.3) is 6.08 Å². The fraction of sp³-hybridized carbons (Fsp3) is 0.286. The van der Waals surface area contributed by atoms with Crippen LogP contribution in [0.3, 0.4) is 0 Å². The first-order valence-electron chi connectivity index (χ1n) is 8.69. The maximum absolute atomic E-state index is 12.5. The van der Waals surface area contributed by atoms with Crippen LogP contribution in [0.4, 0.5) is 0 Å². The first-order valence-corrected chi connectivity index (χ1v) is 10.1. The van der Waals surface area contributed by atoms with Gasteiger partial charge in [-0.15, -0.1) is 0 Å². The molecule has 0 aliphatic heterocycles. The molecule has 2 rings (SSSR count). The molecule has 0 saturated carbocycles. The molecule has 7 heteroatoms. The first-order chi connectivity index (χ1) is 13.0. The van der Waals surface area contributed by atoms with E-state index in [-0.39, 0.29) is 27.8 Å². The summed E-state index contributed by atoms with van der Waals surface area (Å²) >= 11 is 0. The summed E-state index contributed by atoms with van der Waals surface area (Å²) in [6.07, 6.45) is 3.02. The highest BCUT2D eigenvalue weighted by Gasteiger charge is 2.19. The Bertz CT molecular complexity index is 971. The van der Waals surface area contributed by atoms with Gasteiger partial charge in [0.1, 0.15) is 4.90 Å². The highest BCUT2D eigenvalue weighted by molar-refractivity contribution is 7.87. The van der Waals surface area contributed by atoms with Crippen molar-refractivity contribution >= 4 is 22.1 Å². The number of methoxy groups -OCH3 is 1. The van der Waals surface area contributed by atoms with Gasteiger partial charge in [0, 0.05) is 11.6 Å². The highest BCUT2D eigenvalue weighted by Crippen LogP contribution is 2.31. The number of benzene rings is 2. The quantitative estimate of drug-likeness (QED) is 0.587. The fourth-order valence-electron chi connectivity index (χ4n) is 2.31. The molecule has 0 heterocycles. The number of rotatable bonds is 6. The van der Waals surface area contributed by atoms with Crippen LogP contribution in [0.1, 0.15) is 31.9 Å². The van der Waals surface area contributed by atoms with E-state index in [0.29, 0.717) is 5.56 Å². The molecule has 0 bridgehead atoms. The van der Waals surface area contributed by atoms with Crippen molar-refractivity contribution in [3.8, 4) is 11.5 Å². The molecule has 0 atom stereocenters. The van der Waals surface area contributed by atoms with E-state index in [0.717, 1.165) is 5.56 Å². The predicted molar refractivity (Wildman–Crippen MR) is 109 cm³/mol. The van der Waals surface area contributed by atoms with Gasteiger partial charge in [0.25, 0.3) is 0 Å². The second kappa shape index (κ2) is 8.48. The largest absolute Gasteiger partial charge is 0.493 e. The summed E-state index contributed by atoms with van der Waals surface area (Å²) in [5.74, 6) is 0.0853. The van der Waals surface area contributed by atoms with Crippen LogP contribution in [-0.4, -0.2) is 27.0 Å². The summed E-state index contributed by atoms with van der Waals surface area (Å²) in [7, 11) is -2.57. The van der Waals surface area contributed by atoms with Crippen molar-refractivity contribution in [2.24, 2.45) is 0 Å². The Morgan fingerprint density at radius 2 is 1.68 bits per heavy atom. The average molecular weight is 404 g/mol. The van der Waals surface area contributed by atoms with Gasteiger partial charge in [-0.1, -0.05) is 23.8 Å². The summed E-state index contributed by atoms with van der Waals surface area (Å²) in [5, 5.41) is 2.82. The Labute approximate surface area is 166 Å². The molecular formula is C21H25NO5S. The van der Waals surface area contributed by atoms with Crippen LogP contribution in [0.2, 0.25) is 0 Å². The third-order valence-electron chi connectivity index (χ3n) is 3.62. The number of nitrogens with one attached hydrogen (secondary N) is 1. The van der Waals surface area contributed by atoms with Crippen molar-refractivity contribution in [1.29, 1.82) is 0 Å². The van der Waals surface area contributed by atoms with Gasteiger partial charge in [-0.05, 0) is 63.6 Å². The minimum Gasteiger partial charge on any atom is -0.493 e. The van der Waals surface area contributed by atoms with E-state index in [1.54, 1.807) is 30.3 Å². The maximum Gasteiger partial charge on any atom is 0.339 e. The van der Waals surface area contributed by atoms with E-state index >= 15 is 0 Å². The average Bonchev–Trinajstić information content (AvgIpc) is 2.59. The number of ether oxygens (including phenoxy) is 1. The molecular weight excluding hydrogens is 378 g/mol. The Morgan fingerprint density at radius 3 is 2.25 bits per heavy atom. The van der Waals surface area contributed by atoms with Gasteiger partial charge in [0.2, 0.25) is 5.91 Å². The molecule has 0 saturated heterocycles. The van der Waals surface area contributed by atoms with Crippen LogP contribution in [0, 0.1) is 6.92 Å². The van der Waals surface area contributed by atoms with Gasteiger partial charge >= 0.3 is 10.1 Å². The SMILES string of the molecule is COc1cc(/C=C/C(=O)NC(C)(C)C)ccc1OS(=O)(=O)c1ccc(C)cc1. The lowest BCUT2D eigenvalue weighted by Gasteiger charge is -2.19. The Kier molecular flexibility index (Phi) is 6.51. The molecule has 1 amide bonds. The molecule has 0 aromatic heterocycles. The Morgan fingerprint density at radius 1 is 1.04 bits per heavy atom. The number of amides is 1. The van der Waals surface area contributed by atoms with Crippen molar-refractivity contribution in [3.63, 3.8) is 0 Å². The Hall–Kier alpha value is -2.80. The lowest BCUT2D eigenvalue weighted by atomic mass is 10.1. The normalized spacial score (nSPS) is 12.0. The Balaban J connectivity index is 2.21. The van der Waals surface area contributed by atoms with E-state index < -0.39 is 10.1 Å². The molecule has 0 aliphatic rings. The van der Waals surface area contributed by atoms with Gasteiger partial charge in [-0.25, -0.2) is 0 Å². The predicted octanol–water partition coefficient (Wildman–Crippen LogP) is 3.70. The summed E-state index contributed by atoms with van der Waals surface area (Å²) in [6.45, 7) is 7.54. The molecule has 28 heavy (non-hydrogen) atoms. The smallest absolute Gasteiger partial charge is 0.339 e. The third-order valence-corrected chi connectivity index (χ3v) is 4.87. The molecule has 2 aromatic rings. The highest BCUT2D eigenvalue weighted by atomic mass is 32.2. The number of hydrogen-bond donors (Lipinski definition) is 1. The van der Waals surface area contributed by atoms with E-state index in [2.05, 4.69) is 5.32 Å². The zero-order chi connectivity index (χ0) is 20.9. The maximum atomic E-state index is 12.5. The molecule has 0 radical (unpaired) electrons. The standard InChI is InChI=1S/C21H25NO5S/c1-15-6-10-17(11-7-15)28(24,25)27-18-12-8-16(14-19(18)26-5)9-13-20(23)22-21(2,3)4/h6-14H,1-5H3,(H,22,23)/b13-9+. The molecule has 6 nitrogen and oxygen atoms in total. The monoisotopic (exact) mass is 403 g/mol. The van der Waals surface area contributed by atoms with E-state index in [9.17, 15) is 13.2 Å². The zero-order valence-electron chi connectivity index (χ0n) is 16.6. The van der Waals surface area contributed by atoms with Crippen molar-refractivity contribution in [2.45, 2.75) is 38.1 Å². The van der Waals surface area contributed by atoms with Crippen LogP contribution < -0.4 is 14.2 Å². The zero-order valence-corrected chi connectivity index (χ0v) is 17.5. The minimum atomic E-state index is -3.98. The molecule has 0 unspecified atom stereocenters. The molecule has 150 valence electrons. The lowest BCUT2D eigenvalue weighted by Crippen LogP contribution is -2.39. The second-order valence-electron chi connectivity index (χ2n) is 7.33. The van der Waals surface area contributed by atoms with E-state index in [4.69, 9.17) is 8.92 Å². The molecule has 0 fully saturated rings. The number of aryl methyl sites for hydroxylation is 1. The van der Waals surface area contributed by atoms with Gasteiger partial charge in [-0.3, -0.25) is 4.79 Å². The van der Waals surface area contributed by atoms with Crippen LogP contribution in [-0.2, 0) is 14.9 Å². The van der Waals surface area contributed by atoms with Gasteiger partial charge in [-0.2, -0.15) is 8.42 Å². The van der Waals surface area contributed by atoms with Gasteiger partial charge < -0.3 is 14.2 Å². The molecule has 2 aromatic carbocycles. The topological polar surface area (TPSA) is 81.7 Å². The fourth-order valence-corrected chi connectivity index (χ4v) is 3.25. The number of carbonyl (C=O) groups is 1. The van der Waals surface area contributed by atoms with Crippen molar-refractivity contribution in [3.05, 3.63) is 59.7 Å².